The Morgan fingerprint density at radius 2 is 2.15 bits per heavy atom. The largest absolute Gasteiger partial charge is 0.340 e. The first kappa shape index (κ1) is 17.7. The zero-order chi connectivity index (χ0) is 18.6. The average molecular weight is 371 g/mol. The van der Waals surface area contributed by atoms with Crippen LogP contribution in [0.3, 0.4) is 0 Å². The zero-order valence-electron chi connectivity index (χ0n) is 15.5. The van der Waals surface area contributed by atoms with Gasteiger partial charge in [-0.05, 0) is 37.7 Å². The molecular formula is C18H25N7O2. The van der Waals surface area contributed by atoms with E-state index in [1.165, 1.54) is 0 Å². The van der Waals surface area contributed by atoms with Crippen molar-refractivity contribution in [1.82, 2.24) is 30.3 Å². The van der Waals surface area contributed by atoms with Crippen LogP contribution in [-0.2, 0) is 6.54 Å². The smallest absolute Gasteiger partial charge is 0.317 e. The molecule has 1 saturated carbocycles. The van der Waals surface area contributed by atoms with Crippen LogP contribution in [0.4, 0.5) is 10.7 Å². The fourth-order valence-corrected chi connectivity index (χ4v) is 3.35. The predicted octanol–water partition coefficient (Wildman–Crippen LogP) is 1.79. The molecule has 1 atom stereocenters. The lowest BCUT2D eigenvalue weighted by atomic mass is 9.98. The van der Waals surface area contributed by atoms with Gasteiger partial charge in [-0.3, -0.25) is 0 Å². The summed E-state index contributed by atoms with van der Waals surface area (Å²) in [7, 11) is 1.74. The molecule has 1 aliphatic carbocycles. The molecule has 1 N–H and O–H groups in total. The minimum atomic E-state index is -0.130. The Morgan fingerprint density at radius 3 is 2.93 bits per heavy atom. The Morgan fingerprint density at radius 1 is 1.33 bits per heavy atom. The van der Waals surface area contributed by atoms with E-state index >= 15 is 0 Å². The second-order valence-corrected chi connectivity index (χ2v) is 7.37. The summed E-state index contributed by atoms with van der Waals surface area (Å²) in [6.07, 6.45) is 7.93. The van der Waals surface area contributed by atoms with E-state index in [9.17, 15) is 4.79 Å². The molecule has 4 rings (SSSR count). The topological polar surface area (TPSA) is 100 Å². The normalized spacial score (nSPS) is 19.7. The van der Waals surface area contributed by atoms with E-state index in [0.717, 1.165) is 50.5 Å². The second kappa shape index (κ2) is 7.89. The Balaban J connectivity index is 1.24. The molecule has 1 unspecified atom stereocenters. The number of piperidine rings is 1. The first-order valence-corrected chi connectivity index (χ1v) is 9.52. The number of carbonyl (C=O) groups is 1. The van der Waals surface area contributed by atoms with Crippen LogP contribution < -0.4 is 10.2 Å². The lowest BCUT2D eigenvalue weighted by molar-refractivity contribution is 0.197. The van der Waals surface area contributed by atoms with Crippen LogP contribution in [0.25, 0.3) is 0 Å². The van der Waals surface area contributed by atoms with E-state index in [2.05, 4.69) is 30.3 Å². The standard InChI is InChI=1S/C18H25N7O2/c1-24(12-15-22-16(23-27-15)14-5-6-14)18(26)21-10-13-4-2-9-25(11-13)17-19-7-3-8-20-17/h3,7-8,13-14H,2,4-6,9-12H2,1H3,(H,21,26). The number of urea groups is 1. The summed E-state index contributed by atoms with van der Waals surface area (Å²) >= 11 is 0. The number of carbonyl (C=O) groups excluding carboxylic acids is 1. The third-order valence-corrected chi connectivity index (χ3v) is 5.04. The van der Waals surface area contributed by atoms with Crippen molar-refractivity contribution in [2.75, 3.05) is 31.6 Å². The molecule has 144 valence electrons. The molecule has 1 saturated heterocycles. The lowest BCUT2D eigenvalue weighted by Crippen LogP contribution is -2.44. The minimum absolute atomic E-state index is 0.130. The van der Waals surface area contributed by atoms with Crippen molar-refractivity contribution in [1.29, 1.82) is 0 Å². The molecule has 2 aromatic rings. The van der Waals surface area contributed by atoms with Crippen LogP contribution in [-0.4, -0.2) is 57.7 Å². The molecule has 0 radical (unpaired) electrons. The number of anilines is 1. The van der Waals surface area contributed by atoms with Crippen LogP contribution in [0, 0.1) is 5.92 Å². The maximum absolute atomic E-state index is 12.4. The van der Waals surface area contributed by atoms with Crippen LogP contribution in [0.1, 0.15) is 43.3 Å². The second-order valence-electron chi connectivity index (χ2n) is 7.37. The summed E-state index contributed by atoms with van der Waals surface area (Å²) in [4.78, 5) is 29.1. The van der Waals surface area contributed by atoms with Gasteiger partial charge in [0.05, 0.1) is 0 Å². The third-order valence-electron chi connectivity index (χ3n) is 5.04. The van der Waals surface area contributed by atoms with Crippen molar-refractivity contribution >= 4 is 12.0 Å². The molecular weight excluding hydrogens is 346 g/mol. The summed E-state index contributed by atoms with van der Waals surface area (Å²) < 4.78 is 5.24. The lowest BCUT2D eigenvalue weighted by Gasteiger charge is -2.33. The number of rotatable bonds is 6. The quantitative estimate of drug-likeness (QED) is 0.826. The van der Waals surface area contributed by atoms with Crippen LogP contribution in [0.5, 0.6) is 0 Å². The third kappa shape index (κ3) is 4.53. The number of hydrogen-bond acceptors (Lipinski definition) is 7. The van der Waals surface area contributed by atoms with E-state index < -0.39 is 0 Å². The van der Waals surface area contributed by atoms with Gasteiger partial charge in [-0.15, -0.1) is 0 Å². The number of nitrogens with one attached hydrogen (secondary N) is 1. The molecule has 2 aliphatic rings. The maximum Gasteiger partial charge on any atom is 0.317 e. The number of amides is 2. The molecule has 3 heterocycles. The Kier molecular flexibility index (Phi) is 5.17. The molecule has 9 heteroatoms. The van der Waals surface area contributed by atoms with Crippen molar-refractivity contribution in [2.24, 2.45) is 5.92 Å². The first-order chi connectivity index (χ1) is 13.2. The Hall–Kier alpha value is -2.71. The molecule has 2 aromatic heterocycles. The van der Waals surface area contributed by atoms with Crippen molar-refractivity contribution in [3.63, 3.8) is 0 Å². The van der Waals surface area contributed by atoms with Crippen molar-refractivity contribution in [3.05, 3.63) is 30.2 Å². The van der Waals surface area contributed by atoms with Gasteiger partial charge in [-0.25, -0.2) is 14.8 Å². The van der Waals surface area contributed by atoms with Crippen molar-refractivity contribution < 1.29 is 9.32 Å². The van der Waals surface area contributed by atoms with Gasteiger partial charge >= 0.3 is 6.03 Å². The van der Waals surface area contributed by atoms with Gasteiger partial charge in [0.15, 0.2) is 5.82 Å². The number of aromatic nitrogens is 4. The molecule has 9 nitrogen and oxygen atoms in total. The molecule has 1 aliphatic heterocycles. The van der Waals surface area contributed by atoms with E-state index in [4.69, 9.17) is 4.52 Å². The highest BCUT2D eigenvalue weighted by Gasteiger charge is 2.29. The highest BCUT2D eigenvalue weighted by Crippen LogP contribution is 2.38. The van der Waals surface area contributed by atoms with Gasteiger partial charge in [0, 0.05) is 45.0 Å². The zero-order valence-corrected chi connectivity index (χ0v) is 15.5. The van der Waals surface area contributed by atoms with E-state index in [-0.39, 0.29) is 6.03 Å². The summed E-state index contributed by atoms with van der Waals surface area (Å²) in [6, 6.07) is 1.69. The highest BCUT2D eigenvalue weighted by atomic mass is 16.5. The van der Waals surface area contributed by atoms with E-state index in [1.54, 1.807) is 24.3 Å². The molecule has 0 spiro atoms. The SMILES string of the molecule is CN(Cc1nc(C2CC2)no1)C(=O)NCC1CCCN(c2ncccn2)C1. The Labute approximate surface area is 158 Å². The van der Waals surface area contributed by atoms with Crippen LogP contribution >= 0.6 is 0 Å². The maximum atomic E-state index is 12.4. The van der Waals surface area contributed by atoms with Crippen molar-refractivity contribution in [2.45, 2.75) is 38.1 Å². The van der Waals surface area contributed by atoms with Crippen LogP contribution in [0.2, 0.25) is 0 Å². The highest BCUT2D eigenvalue weighted by molar-refractivity contribution is 5.73. The monoisotopic (exact) mass is 371 g/mol. The average Bonchev–Trinajstić information content (AvgIpc) is 3.46. The van der Waals surface area contributed by atoms with Gasteiger partial charge in [0.25, 0.3) is 0 Å². The summed E-state index contributed by atoms with van der Waals surface area (Å²) in [6.45, 7) is 2.75. The van der Waals surface area contributed by atoms with E-state index in [1.807, 2.05) is 6.07 Å². The van der Waals surface area contributed by atoms with Crippen LogP contribution in [0.15, 0.2) is 23.0 Å². The number of hydrogen-bond donors (Lipinski definition) is 1. The fraction of sp³-hybridized carbons (Fsp3) is 0.611. The van der Waals surface area contributed by atoms with Crippen molar-refractivity contribution in [3.8, 4) is 0 Å². The van der Waals surface area contributed by atoms with Gasteiger partial charge in [0.2, 0.25) is 11.8 Å². The predicted molar refractivity (Wildman–Crippen MR) is 98.1 cm³/mol. The summed E-state index contributed by atoms with van der Waals surface area (Å²) in [5.41, 5.74) is 0. The fourth-order valence-electron chi connectivity index (χ4n) is 3.35. The summed E-state index contributed by atoms with van der Waals surface area (Å²) in [5, 5.41) is 7.00. The van der Waals surface area contributed by atoms with Gasteiger partial charge in [-0.1, -0.05) is 5.16 Å². The van der Waals surface area contributed by atoms with Gasteiger partial charge in [0.1, 0.15) is 6.54 Å². The Bertz CT molecular complexity index is 762. The van der Waals surface area contributed by atoms with Gasteiger partial charge in [-0.2, -0.15) is 4.98 Å². The number of nitrogens with zero attached hydrogens (tertiary/aromatic N) is 6. The van der Waals surface area contributed by atoms with E-state index in [0.29, 0.717) is 30.8 Å². The molecule has 0 bridgehead atoms. The molecule has 0 aromatic carbocycles. The summed E-state index contributed by atoms with van der Waals surface area (Å²) in [5.74, 6) is 2.84. The van der Waals surface area contributed by atoms with Gasteiger partial charge < -0.3 is 19.6 Å². The molecule has 2 amide bonds. The first-order valence-electron chi connectivity index (χ1n) is 9.52. The molecule has 27 heavy (non-hydrogen) atoms. The molecule has 2 fully saturated rings. The minimum Gasteiger partial charge on any atom is -0.340 e.